The molecule has 0 aliphatic heterocycles. The summed E-state index contributed by atoms with van der Waals surface area (Å²) in [5.41, 5.74) is 3.82. The monoisotopic (exact) mass is 552 g/mol. The van der Waals surface area contributed by atoms with Gasteiger partial charge in [0.1, 0.15) is 16.8 Å². The molecule has 6 nitrogen and oxygen atoms in total. The van der Waals surface area contributed by atoms with Crippen LogP contribution < -0.4 is 10.6 Å². The van der Waals surface area contributed by atoms with Gasteiger partial charge in [0, 0.05) is 19.2 Å². The molecule has 9 heteroatoms. The average molecular weight is 553 g/mol. The Balaban J connectivity index is 1.53. The van der Waals surface area contributed by atoms with Gasteiger partial charge < -0.3 is 15.7 Å². The highest BCUT2D eigenvalue weighted by molar-refractivity contribution is 6.33. The number of aryl methyl sites for hydroxylation is 2. The maximum atomic E-state index is 13.9. The summed E-state index contributed by atoms with van der Waals surface area (Å²) in [6, 6.07) is 19.5. The molecule has 204 valence electrons. The van der Waals surface area contributed by atoms with Crippen molar-refractivity contribution in [2.75, 3.05) is 6.54 Å². The van der Waals surface area contributed by atoms with Gasteiger partial charge in [0.05, 0.1) is 29.1 Å². The molecule has 1 amide bonds. The molecule has 0 saturated carbocycles. The molecule has 4 rings (SSSR count). The summed E-state index contributed by atoms with van der Waals surface area (Å²) in [6.45, 7) is 4.39. The molecule has 0 fully saturated rings. The molecule has 0 radical (unpaired) electrons. The number of para-hydroxylation sites is 1. The minimum Gasteiger partial charge on any atom is -0.390 e. The Bertz CT molecular complexity index is 1410. The van der Waals surface area contributed by atoms with Crippen LogP contribution in [0.5, 0.6) is 0 Å². The van der Waals surface area contributed by atoms with Gasteiger partial charge in [0.25, 0.3) is 5.91 Å². The molecule has 0 aliphatic rings. The summed E-state index contributed by atoms with van der Waals surface area (Å²) < 4.78 is 29.3. The van der Waals surface area contributed by atoms with Gasteiger partial charge in [-0.15, -0.1) is 0 Å². The summed E-state index contributed by atoms with van der Waals surface area (Å²) >= 11 is 6.57. The molecule has 2 atom stereocenters. The number of nitrogens with zero attached hydrogens (tertiary/aromatic N) is 2. The summed E-state index contributed by atoms with van der Waals surface area (Å²) in [5.74, 6) is -2.01. The minimum atomic E-state index is -1.07. The fourth-order valence-corrected chi connectivity index (χ4v) is 4.83. The first kappa shape index (κ1) is 28.4. The number of benzene rings is 3. The number of aliphatic hydroxyl groups is 1. The highest BCUT2D eigenvalue weighted by Gasteiger charge is 2.27. The van der Waals surface area contributed by atoms with Crippen LogP contribution in [-0.2, 0) is 19.4 Å². The molecule has 0 saturated heterocycles. The number of aromatic nitrogens is 2. The number of aliphatic hydroxyl groups excluding tert-OH is 1. The van der Waals surface area contributed by atoms with E-state index < -0.39 is 29.7 Å². The highest BCUT2D eigenvalue weighted by Crippen LogP contribution is 2.24. The zero-order valence-electron chi connectivity index (χ0n) is 21.8. The smallest absolute Gasteiger partial charge is 0.256 e. The average Bonchev–Trinajstić information content (AvgIpc) is 3.21. The van der Waals surface area contributed by atoms with Crippen LogP contribution in [0.4, 0.5) is 8.78 Å². The van der Waals surface area contributed by atoms with Gasteiger partial charge in [-0.3, -0.25) is 4.79 Å². The fraction of sp³-hybridized carbons (Fsp3) is 0.267. The van der Waals surface area contributed by atoms with Gasteiger partial charge in [-0.05, 0) is 60.7 Å². The van der Waals surface area contributed by atoms with Crippen LogP contribution in [0, 0.1) is 18.6 Å². The van der Waals surface area contributed by atoms with Crippen molar-refractivity contribution in [1.29, 1.82) is 0 Å². The Morgan fingerprint density at radius 1 is 1.00 bits per heavy atom. The maximum Gasteiger partial charge on any atom is 0.256 e. The molecule has 0 bridgehead atoms. The number of halogens is 3. The minimum absolute atomic E-state index is 0.00191. The van der Waals surface area contributed by atoms with Crippen LogP contribution in [0.2, 0.25) is 5.15 Å². The lowest BCUT2D eigenvalue weighted by Crippen LogP contribution is -2.48. The predicted molar refractivity (Wildman–Crippen MR) is 148 cm³/mol. The lowest BCUT2D eigenvalue weighted by atomic mass is 10.00. The van der Waals surface area contributed by atoms with Crippen molar-refractivity contribution in [3.05, 3.63) is 118 Å². The first-order valence-corrected chi connectivity index (χ1v) is 13.2. The second-order valence-corrected chi connectivity index (χ2v) is 9.79. The summed E-state index contributed by atoms with van der Waals surface area (Å²) in [7, 11) is 0. The maximum absolute atomic E-state index is 13.9. The van der Waals surface area contributed by atoms with E-state index in [4.69, 9.17) is 11.6 Å². The molecule has 3 N–H and O–H groups in total. The third kappa shape index (κ3) is 7.29. The fourth-order valence-electron chi connectivity index (χ4n) is 4.47. The van der Waals surface area contributed by atoms with Crippen molar-refractivity contribution >= 4 is 17.5 Å². The van der Waals surface area contributed by atoms with Crippen LogP contribution in [0.15, 0.2) is 72.8 Å². The van der Waals surface area contributed by atoms with E-state index >= 15 is 0 Å². The van der Waals surface area contributed by atoms with Crippen LogP contribution in [0.25, 0.3) is 5.69 Å². The molecule has 4 aromatic rings. The predicted octanol–water partition coefficient (Wildman–Crippen LogP) is 5.17. The number of nitrogens with one attached hydrogen (secondary N) is 2. The highest BCUT2D eigenvalue weighted by atomic mass is 35.5. The second-order valence-electron chi connectivity index (χ2n) is 9.43. The first-order chi connectivity index (χ1) is 18.7. The van der Waals surface area contributed by atoms with Crippen molar-refractivity contribution in [3.8, 4) is 5.69 Å². The Labute approximate surface area is 231 Å². The van der Waals surface area contributed by atoms with E-state index in [1.165, 1.54) is 22.4 Å². The van der Waals surface area contributed by atoms with Crippen molar-refractivity contribution in [3.63, 3.8) is 0 Å². The second kappa shape index (κ2) is 13.0. The number of carbonyl (C=O) groups excluding carboxylic acids is 1. The molecule has 1 aromatic heterocycles. The Morgan fingerprint density at radius 2 is 1.69 bits per heavy atom. The SMILES string of the molecule is CCc1cccc(CNC[C@H](O)[C@H](Cc2cc(F)cc(F)c2)NC(=O)c2c(C)nn(-c3ccccc3)c2Cl)c1. The molecular formula is C30H31ClF2N4O2. The van der Waals surface area contributed by atoms with Crippen molar-refractivity contribution < 1.29 is 18.7 Å². The van der Waals surface area contributed by atoms with E-state index in [9.17, 15) is 18.7 Å². The van der Waals surface area contributed by atoms with E-state index in [0.29, 0.717) is 23.5 Å². The van der Waals surface area contributed by atoms with Gasteiger partial charge >= 0.3 is 0 Å². The zero-order valence-corrected chi connectivity index (χ0v) is 22.6. The van der Waals surface area contributed by atoms with Crippen molar-refractivity contribution in [2.45, 2.75) is 45.4 Å². The molecular weight excluding hydrogens is 522 g/mol. The van der Waals surface area contributed by atoms with Gasteiger partial charge in [-0.2, -0.15) is 5.10 Å². The Hall–Kier alpha value is -3.59. The van der Waals surface area contributed by atoms with E-state index in [1.54, 1.807) is 6.92 Å². The van der Waals surface area contributed by atoms with Crippen molar-refractivity contribution in [1.82, 2.24) is 20.4 Å². The standard InChI is InChI=1S/C30H31ClF2N4O2/c1-3-20-8-7-9-21(12-20)17-34-18-27(38)26(15-22-13-23(32)16-24(33)14-22)35-30(39)28-19(2)36-37(29(28)31)25-10-5-4-6-11-25/h4-14,16,26-27,34,38H,3,15,17-18H2,1-2H3,(H,35,39)/t26-,27-/m0/s1. The van der Waals surface area contributed by atoms with E-state index in [-0.39, 0.29) is 23.7 Å². The Morgan fingerprint density at radius 3 is 2.38 bits per heavy atom. The molecule has 0 aliphatic carbocycles. The first-order valence-electron chi connectivity index (χ1n) is 12.8. The molecule has 39 heavy (non-hydrogen) atoms. The van der Waals surface area contributed by atoms with E-state index in [0.717, 1.165) is 18.1 Å². The van der Waals surface area contributed by atoms with E-state index in [2.05, 4.69) is 34.8 Å². The van der Waals surface area contributed by atoms with Crippen LogP contribution in [-0.4, -0.2) is 39.5 Å². The lowest BCUT2D eigenvalue weighted by molar-refractivity contribution is 0.0829. The topological polar surface area (TPSA) is 79.2 Å². The summed E-state index contributed by atoms with van der Waals surface area (Å²) in [4.78, 5) is 13.4. The van der Waals surface area contributed by atoms with Crippen LogP contribution in [0.3, 0.4) is 0 Å². The third-order valence-electron chi connectivity index (χ3n) is 6.47. The molecule has 0 unspecified atom stereocenters. The quantitative estimate of drug-likeness (QED) is 0.240. The number of hydrogen-bond donors (Lipinski definition) is 3. The number of rotatable bonds is 11. The van der Waals surface area contributed by atoms with Gasteiger partial charge in [0.15, 0.2) is 0 Å². The number of amides is 1. The van der Waals surface area contributed by atoms with Crippen LogP contribution in [0.1, 0.15) is 39.7 Å². The zero-order chi connectivity index (χ0) is 27.9. The third-order valence-corrected chi connectivity index (χ3v) is 6.82. The molecule has 0 spiro atoms. The molecule has 1 heterocycles. The summed E-state index contributed by atoms with van der Waals surface area (Å²) in [6.07, 6.45) is -0.159. The normalized spacial score (nSPS) is 12.8. The van der Waals surface area contributed by atoms with Crippen LogP contribution >= 0.6 is 11.6 Å². The van der Waals surface area contributed by atoms with Crippen molar-refractivity contribution in [2.24, 2.45) is 0 Å². The number of carbonyl (C=O) groups is 1. The largest absolute Gasteiger partial charge is 0.390 e. The molecule has 3 aromatic carbocycles. The number of hydrogen-bond acceptors (Lipinski definition) is 4. The van der Waals surface area contributed by atoms with Gasteiger partial charge in [0.2, 0.25) is 0 Å². The summed E-state index contributed by atoms with van der Waals surface area (Å²) in [5, 5.41) is 21.6. The van der Waals surface area contributed by atoms with Gasteiger partial charge in [-0.1, -0.05) is 61.0 Å². The Kier molecular flexibility index (Phi) is 9.45. The van der Waals surface area contributed by atoms with E-state index in [1.807, 2.05) is 42.5 Å². The van der Waals surface area contributed by atoms with Gasteiger partial charge in [-0.25, -0.2) is 13.5 Å². The lowest BCUT2D eigenvalue weighted by Gasteiger charge is -2.25.